The molecule has 0 aromatic heterocycles. The van der Waals surface area contributed by atoms with Crippen molar-refractivity contribution in [1.82, 2.24) is 15.5 Å². The zero-order valence-electron chi connectivity index (χ0n) is 25.7. The number of halogens is 1. The van der Waals surface area contributed by atoms with Crippen molar-refractivity contribution in [2.24, 2.45) is 34.8 Å². The first-order chi connectivity index (χ1) is 21.4. The normalized spacial score (nSPS) is 28.1. The standard InChI is InChI=1S/C32H42FN5O7/c1-32(2)19-15-38(31(43)22(11-16-3-4-16)35-25(39)12-17-7-9-44-10-8-17)27(26(19)32)30(42)37-21(28(34)40)14-24-29(41)36-20-6-5-18(33)13-23(20)45-24/h5-6,13,16-17,19,21-22,24,26-27H,3-4,7-12,14-15H2,1-2H3,(H2,34,40)(H,35,39)(H,36,41)(H,37,42)/t19-,21?,22?,24-,26-,27-/m0/s1. The zero-order chi connectivity index (χ0) is 32.0. The summed E-state index contributed by atoms with van der Waals surface area (Å²) in [6, 6.07) is 0.774. The van der Waals surface area contributed by atoms with Crippen LogP contribution < -0.4 is 26.4 Å². The van der Waals surface area contributed by atoms with Crippen LogP contribution in [-0.4, -0.2) is 78.4 Å². The molecule has 6 rings (SSSR count). The number of carbonyl (C=O) groups is 5. The number of anilines is 1. The lowest BCUT2D eigenvalue weighted by atomic mass is 9.95. The van der Waals surface area contributed by atoms with Gasteiger partial charge in [0, 0.05) is 38.7 Å². The van der Waals surface area contributed by atoms with Crippen LogP contribution in [0.2, 0.25) is 0 Å². The van der Waals surface area contributed by atoms with E-state index in [2.05, 4.69) is 16.0 Å². The van der Waals surface area contributed by atoms with Crippen molar-refractivity contribution in [2.45, 2.75) is 83.0 Å². The maximum Gasteiger partial charge on any atom is 0.265 e. The van der Waals surface area contributed by atoms with Gasteiger partial charge in [0.2, 0.25) is 23.6 Å². The molecule has 13 heteroatoms. The maximum atomic E-state index is 14.1. The largest absolute Gasteiger partial charge is 0.478 e. The van der Waals surface area contributed by atoms with Gasteiger partial charge in [-0.1, -0.05) is 26.7 Å². The third-order valence-electron chi connectivity index (χ3n) is 10.3. The number of carbonyl (C=O) groups excluding carboxylic acids is 5. The topological polar surface area (TPSA) is 169 Å². The number of hydrogen-bond acceptors (Lipinski definition) is 7. The van der Waals surface area contributed by atoms with E-state index in [4.69, 9.17) is 15.2 Å². The molecule has 45 heavy (non-hydrogen) atoms. The van der Waals surface area contributed by atoms with Gasteiger partial charge in [0.1, 0.15) is 29.7 Å². The van der Waals surface area contributed by atoms with Crippen molar-refractivity contribution in [2.75, 3.05) is 25.1 Å². The van der Waals surface area contributed by atoms with Crippen LogP contribution in [0, 0.1) is 34.9 Å². The van der Waals surface area contributed by atoms with Crippen LogP contribution in [-0.2, 0) is 28.7 Å². The van der Waals surface area contributed by atoms with Gasteiger partial charge in [-0.25, -0.2) is 4.39 Å². The summed E-state index contributed by atoms with van der Waals surface area (Å²) < 4.78 is 24.9. The Kier molecular flexibility index (Phi) is 8.49. The Morgan fingerprint density at radius 1 is 1.07 bits per heavy atom. The van der Waals surface area contributed by atoms with Crippen LogP contribution in [0.4, 0.5) is 10.1 Å². The average Bonchev–Trinajstić information content (AvgIpc) is 3.84. The summed E-state index contributed by atoms with van der Waals surface area (Å²) in [5.41, 5.74) is 5.76. The Morgan fingerprint density at radius 2 is 1.80 bits per heavy atom. The molecule has 0 radical (unpaired) electrons. The van der Waals surface area contributed by atoms with Gasteiger partial charge < -0.3 is 36.1 Å². The van der Waals surface area contributed by atoms with Crippen molar-refractivity contribution >= 4 is 35.2 Å². The van der Waals surface area contributed by atoms with Gasteiger partial charge in [0.05, 0.1) is 5.69 Å². The minimum atomic E-state index is -1.29. The van der Waals surface area contributed by atoms with Gasteiger partial charge in [-0.3, -0.25) is 24.0 Å². The van der Waals surface area contributed by atoms with E-state index in [1.165, 1.54) is 12.1 Å². The van der Waals surface area contributed by atoms with Crippen LogP contribution in [0.15, 0.2) is 18.2 Å². The molecule has 0 bridgehead atoms. The van der Waals surface area contributed by atoms with Gasteiger partial charge in [0.25, 0.3) is 5.91 Å². The average molecular weight is 628 g/mol. The minimum absolute atomic E-state index is 0.0857. The monoisotopic (exact) mass is 627 g/mol. The first kappa shape index (κ1) is 31.3. The van der Waals surface area contributed by atoms with E-state index < -0.39 is 47.8 Å². The SMILES string of the molecule is CC1(C)[C@@H]2[C@@H](C(=O)NC(C[C@@H]3Oc4cc(F)ccc4NC3=O)C(N)=O)N(C(=O)C(CC3CC3)NC(=O)CC3CCOCC3)C[C@@H]21. The molecular formula is C32H42FN5O7. The van der Waals surface area contributed by atoms with Crippen LogP contribution in [0.25, 0.3) is 0 Å². The predicted octanol–water partition coefficient (Wildman–Crippen LogP) is 1.47. The highest BCUT2D eigenvalue weighted by Crippen LogP contribution is 2.65. The van der Waals surface area contributed by atoms with Gasteiger partial charge in [-0.05, 0) is 60.5 Å². The van der Waals surface area contributed by atoms with Crippen molar-refractivity contribution in [1.29, 1.82) is 0 Å². The van der Waals surface area contributed by atoms with Crippen LogP contribution in [0.1, 0.15) is 58.8 Å². The Morgan fingerprint density at radius 3 is 2.49 bits per heavy atom. The molecule has 2 aliphatic carbocycles. The first-order valence-electron chi connectivity index (χ1n) is 16.0. The maximum absolute atomic E-state index is 14.1. The number of ether oxygens (including phenoxy) is 2. The lowest BCUT2D eigenvalue weighted by Gasteiger charge is -2.34. The molecule has 5 aliphatic rings. The smallest absolute Gasteiger partial charge is 0.265 e. The molecular weight excluding hydrogens is 585 g/mol. The lowest BCUT2D eigenvalue weighted by molar-refractivity contribution is -0.144. The van der Waals surface area contributed by atoms with E-state index in [0.717, 1.165) is 31.7 Å². The summed E-state index contributed by atoms with van der Waals surface area (Å²) in [5, 5.41) is 8.30. The third-order valence-corrected chi connectivity index (χ3v) is 10.3. The van der Waals surface area contributed by atoms with Gasteiger partial charge >= 0.3 is 0 Å². The molecule has 12 nitrogen and oxygen atoms in total. The van der Waals surface area contributed by atoms with Crippen LogP contribution >= 0.6 is 0 Å². The molecule has 5 N–H and O–H groups in total. The summed E-state index contributed by atoms with van der Waals surface area (Å²) in [4.78, 5) is 67.8. The molecule has 4 fully saturated rings. The second kappa shape index (κ2) is 12.2. The van der Waals surface area contributed by atoms with Crippen molar-refractivity contribution in [3.63, 3.8) is 0 Å². The molecule has 3 heterocycles. The fourth-order valence-corrected chi connectivity index (χ4v) is 7.38. The Labute approximate surface area is 261 Å². The van der Waals surface area contributed by atoms with Crippen LogP contribution in [0.3, 0.4) is 0 Å². The predicted molar refractivity (Wildman–Crippen MR) is 159 cm³/mol. The Hall–Kier alpha value is -3.74. The number of benzene rings is 1. The second-order valence-electron chi connectivity index (χ2n) is 13.9. The lowest BCUT2D eigenvalue weighted by Crippen LogP contribution is -2.59. The molecule has 1 aromatic carbocycles. The molecule has 3 aliphatic heterocycles. The number of nitrogens with zero attached hydrogens (tertiary/aromatic N) is 1. The molecule has 0 spiro atoms. The van der Waals surface area contributed by atoms with Gasteiger partial charge in [0.15, 0.2) is 6.10 Å². The van der Waals surface area contributed by atoms with E-state index in [1.54, 1.807) is 4.90 Å². The van der Waals surface area contributed by atoms with Crippen molar-refractivity contribution in [3.05, 3.63) is 24.0 Å². The fourth-order valence-electron chi connectivity index (χ4n) is 7.38. The first-order valence-corrected chi connectivity index (χ1v) is 16.0. The van der Waals surface area contributed by atoms with Crippen molar-refractivity contribution in [3.8, 4) is 5.75 Å². The number of nitrogens with one attached hydrogen (secondary N) is 3. The zero-order valence-corrected chi connectivity index (χ0v) is 25.7. The number of primary amides is 1. The number of hydrogen-bond donors (Lipinski definition) is 4. The van der Waals surface area contributed by atoms with Gasteiger partial charge in [-0.15, -0.1) is 0 Å². The number of amides is 5. The molecule has 2 unspecified atom stereocenters. The number of likely N-dealkylation sites (tertiary alicyclic amines) is 1. The number of piperidine rings is 1. The summed E-state index contributed by atoms with van der Waals surface area (Å²) in [6.07, 6.45) is 2.95. The highest BCUT2D eigenvalue weighted by atomic mass is 19.1. The highest BCUT2D eigenvalue weighted by Gasteiger charge is 2.69. The summed E-state index contributed by atoms with van der Waals surface area (Å²) >= 11 is 0. The molecule has 2 saturated carbocycles. The van der Waals surface area contributed by atoms with E-state index in [1.807, 2.05) is 13.8 Å². The fraction of sp³-hybridized carbons (Fsp3) is 0.656. The summed E-state index contributed by atoms with van der Waals surface area (Å²) in [7, 11) is 0. The number of rotatable bonds is 11. The third kappa shape index (κ3) is 6.63. The summed E-state index contributed by atoms with van der Waals surface area (Å²) in [5.74, 6) is -2.41. The number of fused-ring (bicyclic) bond motifs is 2. The quantitative estimate of drug-likeness (QED) is 0.288. The molecule has 6 atom stereocenters. The van der Waals surface area contributed by atoms with E-state index >= 15 is 0 Å². The van der Waals surface area contributed by atoms with Crippen LogP contribution in [0.5, 0.6) is 5.75 Å². The second-order valence-corrected chi connectivity index (χ2v) is 13.9. The molecule has 1 aromatic rings. The van der Waals surface area contributed by atoms with E-state index in [0.29, 0.717) is 44.2 Å². The van der Waals surface area contributed by atoms with E-state index in [9.17, 15) is 28.4 Å². The summed E-state index contributed by atoms with van der Waals surface area (Å²) in [6.45, 7) is 5.71. The van der Waals surface area contributed by atoms with E-state index in [-0.39, 0.29) is 47.2 Å². The highest BCUT2D eigenvalue weighted by molar-refractivity contribution is 5.99. The molecule has 5 amide bonds. The Balaban J connectivity index is 1.15. The van der Waals surface area contributed by atoms with Gasteiger partial charge in [-0.2, -0.15) is 0 Å². The minimum Gasteiger partial charge on any atom is -0.478 e. The molecule has 2 saturated heterocycles. The number of nitrogens with two attached hydrogens (primary N) is 1. The molecule has 244 valence electrons. The Bertz CT molecular complexity index is 1380. The van der Waals surface area contributed by atoms with Crippen molar-refractivity contribution < 1.29 is 37.8 Å².